The lowest BCUT2D eigenvalue weighted by atomic mass is 10.1. The van der Waals surface area contributed by atoms with Crippen LogP contribution in [-0.4, -0.2) is 27.1 Å². The van der Waals surface area contributed by atoms with Crippen molar-refractivity contribution in [1.82, 2.24) is 15.5 Å². The predicted molar refractivity (Wildman–Crippen MR) is 105 cm³/mol. The SMILES string of the molecule is CCSc1nnc(SC(C)C(=O)NC(C)c2ccc(Cl)cc2Cl)s1. The normalized spacial score (nSPS) is 13.5. The average molecular weight is 422 g/mol. The van der Waals surface area contributed by atoms with Crippen LogP contribution in [0.25, 0.3) is 0 Å². The van der Waals surface area contributed by atoms with E-state index >= 15 is 0 Å². The third kappa shape index (κ3) is 5.52. The van der Waals surface area contributed by atoms with E-state index in [0.29, 0.717) is 10.0 Å². The number of hydrogen-bond donors (Lipinski definition) is 1. The molecule has 2 rings (SSSR count). The highest BCUT2D eigenvalue weighted by Crippen LogP contribution is 2.32. The fourth-order valence-corrected chi connectivity index (χ4v) is 5.53. The van der Waals surface area contributed by atoms with Crippen molar-refractivity contribution in [2.75, 3.05) is 5.75 Å². The largest absolute Gasteiger partial charge is 0.349 e. The molecule has 2 unspecified atom stereocenters. The third-order valence-corrected chi connectivity index (χ3v) is 6.78. The first-order valence-corrected chi connectivity index (χ1v) is 10.7. The second kappa shape index (κ2) is 9.29. The highest BCUT2D eigenvalue weighted by atomic mass is 35.5. The molecule has 0 saturated heterocycles. The summed E-state index contributed by atoms with van der Waals surface area (Å²) in [6.07, 6.45) is 0. The number of benzene rings is 1. The molecule has 0 aliphatic carbocycles. The van der Waals surface area contributed by atoms with Crippen molar-refractivity contribution < 1.29 is 4.79 Å². The maximum atomic E-state index is 12.4. The van der Waals surface area contributed by atoms with Crippen LogP contribution in [0.3, 0.4) is 0 Å². The molecule has 4 nitrogen and oxygen atoms in total. The summed E-state index contributed by atoms with van der Waals surface area (Å²) < 4.78 is 1.72. The highest BCUT2D eigenvalue weighted by Gasteiger charge is 2.20. The van der Waals surface area contributed by atoms with Crippen molar-refractivity contribution in [3.8, 4) is 0 Å². The maximum absolute atomic E-state index is 12.4. The number of amides is 1. The zero-order valence-electron chi connectivity index (χ0n) is 13.4. The molecule has 0 aliphatic rings. The van der Waals surface area contributed by atoms with E-state index in [1.165, 1.54) is 23.1 Å². The fraction of sp³-hybridized carbons (Fsp3) is 0.400. The van der Waals surface area contributed by atoms with Crippen LogP contribution in [-0.2, 0) is 4.79 Å². The lowest BCUT2D eigenvalue weighted by Crippen LogP contribution is -2.33. The standard InChI is InChI=1S/C15H17Cl2N3OS3/c1-4-22-14-19-20-15(24-14)23-9(3)13(21)18-8(2)11-6-5-10(16)7-12(11)17/h5-9H,4H2,1-3H3,(H,18,21). The molecule has 1 N–H and O–H groups in total. The van der Waals surface area contributed by atoms with Gasteiger partial charge in [-0.1, -0.05) is 71.1 Å². The van der Waals surface area contributed by atoms with Crippen LogP contribution >= 0.6 is 58.1 Å². The van der Waals surface area contributed by atoms with Gasteiger partial charge in [0.25, 0.3) is 0 Å². The van der Waals surface area contributed by atoms with Crippen LogP contribution in [0.1, 0.15) is 32.4 Å². The van der Waals surface area contributed by atoms with Crippen molar-refractivity contribution in [2.45, 2.75) is 40.7 Å². The molecule has 9 heteroatoms. The molecule has 0 spiro atoms. The van der Waals surface area contributed by atoms with Crippen molar-refractivity contribution in [3.05, 3.63) is 33.8 Å². The van der Waals surface area contributed by atoms with Crippen molar-refractivity contribution >= 4 is 64.0 Å². The number of nitrogens with zero attached hydrogens (tertiary/aromatic N) is 2. The molecule has 0 fully saturated rings. The zero-order chi connectivity index (χ0) is 17.7. The lowest BCUT2D eigenvalue weighted by Gasteiger charge is -2.18. The molecule has 130 valence electrons. The number of rotatable bonds is 7. The Kier molecular flexibility index (Phi) is 7.68. The molecule has 1 aromatic heterocycles. The van der Waals surface area contributed by atoms with Gasteiger partial charge in [-0.3, -0.25) is 4.79 Å². The molecule has 0 bridgehead atoms. The predicted octanol–water partition coefficient (Wildman–Crippen LogP) is 5.31. The lowest BCUT2D eigenvalue weighted by molar-refractivity contribution is -0.120. The summed E-state index contributed by atoms with van der Waals surface area (Å²) in [5.74, 6) is 0.882. The molecule has 24 heavy (non-hydrogen) atoms. The number of carbonyl (C=O) groups is 1. The van der Waals surface area contributed by atoms with Gasteiger partial charge in [-0.25, -0.2) is 0 Å². The van der Waals surface area contributed by atoms with Crippen molar-refractivity contribution in [1.29, 1.82) is 0 Å². The summed E-state index contributed by atoms with van der Waals surface area (Å²) in [6.45, 7) is 5.81. The van der Waals surface area contributed by atoms with Gasteiger partial charge in [0.15, 0.2) is 8.68 Å². The first kappa shape index (κ1) is 19.8. The Hall–Kier alpha value is -0.470. The second-order valence-electron chi connectivity index (χ2n) is 4.92. The van der Waals surface area contributed by atoms with E-state index < -0.39 is 0 Å². The minimum atomic E-state index is -0.272. The summed E-state index contributed by atoms with van der Waals surface area (Å²) >= 11 is 16.7. The highest BCUT2D eigenvalue weighted by molar-refractivity contribution is 8.03. The topological polar surface area (TPSA) is 54.9 Å². The summed E-state index contributed by atoms with van der Waals surface area (Å²) in [4.78, 5) is 12.4. The van der Waals surface area contributed by atoms with Gasteiger partial charge in [0, 0.05) is 10.0 Å². The maximum Gasteiger partial charge on any atom is 0.233 e. The van der Waals surface area contributed by atoms with E-state index in [4.69, 9.17) is 23.2 Å². The van der Waals surface area contributed by atoms with E-state index in [1.54, 1.807) is 23.9 Å². The van der Waals surface area contributed by atoms with E-state index in [-0.39, 0.29) is 17.2 Å². The van der Waals surface area contributed by atoms with Crippen LogP contribution in [0, 0.1) is 0 Å². The molecule has 2 aromatic rings. The molecule has 2 atom stereocenters. The van der Waals surface area contributed by atoms with E-state index in [1.807, 2.05) is 19.9 Å². The molecular formula is C15H17Cl2N3OS3. The second-order valence-corrected chi connectivity index (χ2v) is 9.84. The average Bonchev–Trinajstić information content (AvgIpc) is 2.94. The van der Waals surface area contributed by atoms with Gasteiger partial charge in [-0.15, -0.1) is 10.2 Å². The molecular weight excluding hydrogens is 405 g/mol. The Morgan fingerprint density at radius 1 is 1.29 bits per heavy atom. The van der Waals surface area contributed by atoms with Gasteiger partial charge in [-0.2, -0.15) is 0 Å². The Balaban J connectivity index is 1.94. The van der Waals surface area contributed by atoms with Crippen LogP contribution in [0.15, 0.2) is 26.9 Å². The molecule has 0 aliphatic heterocycles. The number of thioether (sulfide) groups is 2. The van der Waals surface area contributed by atoms with Gasteiger partial charge in [0.1, 0.15) is 0 Å². The smallest absolute Gasteiger partial charge is 0.233 e. The Morgan fingerprint density at radius 3 is 2.67 bits per heavy atom. The Bertz CT molecular complexity index is 711. The minimum absolute atomic E-state index is 0.0709. The van der Waals surface area contributed by atoms with Gasteiger partial charge in [-0.05, 0) is 37.3 Å². The summed E-state index contributed by atoms with van der Waals surface area (Å²) in [5.41, 5.74) is 0.837. The van der Waals surface area contributed by atoms with Crippen LogP contribution in [0.2, 0.25) is 10.0 Å². The van der Waals surface area contributed by atoms with Crippen LogP contribution in [0.4, 0.5) is 0 Å². The quantitative estimate of drug-likeness (QED) is 0.613. The van der Waals surface area contributed by atoms with Crippen LogP contribution in [0.5, 0.6) is 0 Å². The Morgan fingerprint density at radius 2 is 2.00 bits per heavy atom. The first-order chi connectivity index (χ1) is 11.4. The molecule has 1 aromatic carbocycles. The van der Waals surface area contributed by atoms with E-state index in [2.05, 4.69) is 22.4 Å². The van der Waals surface area contributed by atoms with Crippen molar-refractivity contribution in [3.63, 3.8) is 0 Å². The Labute approximate surface area is 164 Å². The number of halogens is 2. The molecule has 1 heterocycles. The summed E-state index contributed by atoms with van der Waals surface area (Å²) in [5, 5.41) is 12.0. The number of hydrogen-bond acceptors (Lipinski definition) is 6. The van der Waals surface area contributed by atoms with Crippen molar-refractivity contribution in [2.24, 2.45) is 0 Å². The number of carbonyl (C=O) groups excluding carboxylic acids is 1. The fourth-order valence-electron chi connectivity index (χ4n) is 1.89. The molecule has 0 saturated carbocycles. The monoisotopic (exact) mass is 421 g/mol. The van der Waals surface area contributed by atoms with E-state index in [9.17, 15) is 4.79 Å². The molecule has 0 radical (unpaired) electrons. The number of aromatic nitrogens is 2. The van der Waals surface area contributed by atoms with Gasteiger partial charge >= 0.3 is 0 Å². The first-order valence-electron chi connectivity index (χ1n) is 7.29. The summed E-state index contributed by atoms with van der Waals surface area (Å²) in [6, 6.07) is 5.06. The zero-order valence-corrected chi connectivity index (χ0v) is 17.3. The number of nitrogens with one attached hydrogen (secondary N) is 1. The minimum Gasteiger partial charge on any atom is -0.349 e. The van der Waals surface area contributed by atoms with Gasteiger partial charge in [0.2, 0.25) is 5.91 Å². The van der Waals surface area contributed by atoms with Gasteiger partial charge in [0.05, 0.1) is 11.3 Å². The van der Waals surface area contributed by atoms with E-state index in [0.717, 1.165) is 20.0 Å². The van der Waals surface area contributed by atoms with Crippen LogP contribution < -0.4 is 5.32 Å². The third-order valence-electron chi connectivity index (χ3n) is 3.09. The summed E-state index contributed by atoms with van der Waals surface area (Å²) in [7, 11) is 0. The molecule has 1 amide bonds. The van der Waals surface area contributed by atoms with Gasteiger partial charge < -0.3 is 5.32 Å².